The molecule has 156 valence electrons. The number of carbonyl (C=O) groups excluding carboxylic acids is 1. The van der Waals surface area contributed by atoms with Crippen molar-refractivity contribution in [3.63, 3.8) is 0 Å². The SMILES string of the molecule is C=CC(=O)N(CCc1nn(-c2ccc(F)c(O)c2)c2c(N)ncnc12)c1ccccc1. The Labute approximate surface area is 177 Å². The largest absolute Gasteiger partial charge is 0.505 e. The predicted octanol–water partition coefficient (Wildman–Crippen LogP) is 3.00. The zero-order chi connectivity index (χ0) is 22.0. The van der Waals surface area contributed by atoms with Crippen molar-refractivity contribution in [1.82, 2.24) is 19.7 Å². The number of rotatable bonds is 6. The summed E-state index contributed by atoms with van der Waals surface area (Å²) < 4.78 is 15.0. The molecular formula is C22H19FN6O2. The summed E-state index contributed by atoms with van der Waals surface area (Å²) in [5.41, 5.74) is 8.72. The first kappa shape index (κ1) is 20.0. The van der Waals surface area contributed by atoms with Gasteiger partial charge in [-0.05, 0) is 30.3 Å². The summed E-state index contributed by atoms with van der Waals surface area (Å²) in [5, 5.41) is 14.3. The zero-order valence-electron chi connectivity index (χ0n) is 16.4. The van der Waals surface area contributed by atoms with Crippen molar-refractivity contribution in [3.8, 4) is 11.4 Å². The van der Waals surface area contributed by atoms with Gasteiger partial charge in [0.05, 0.1) is 11.4 Å². The van der Waals surface area contributed by atoms with Gasteiger partial charge in [-0.25, -0.2) is 19.0 Å². The van der Waals surface area contributed by atoms with Gasteiger partial charge >= 0.3 is 0 Å². The molecule has 4 rings (SSSR count). The van der Waals surface area contributed by atoms with Crippen LogP contribution in [0.15, 0.2) is 67.5 Å². The summed E-state index contributed by atoms with van der Waals surface area (Å²) in [4.78, 5) is 22.3. The quantitative estimate of drug-likeness (QED) is 0.466. The highest BCUT2D eigenvalue weighted by molar-refractivity contribution is 6.01. The van der Waals surface area contributed by atoms with Crippen LogP contribution in [-0.4, -0.2) is 37.3 Å². The molecule has 0 radical (unpaired) electrons. The molecule has 0 atom stereocenters. The molecule has 4 aromatic rings. The lowest BCUT2D eigenvalue weighted by atomic mass is 10.2. The van der Waals surface area contributed by atoms with Crippen LogP contribution in [0.5, 0.6) is 5.75 Å². The number of fused-ring (bicyclic) bond motifs is 1. The van der Waals surface area contributed by atoms with Gasteiger partial charge in [-0.15, -0.1) is 0 Å². The maximum atomic E-state index is 13.5. The molecule has 2 heterocycles. The fraction of sp³-hybridized carbons (Fsp3) is 0.0909. The van der Waals surface area contributed by atoms with Crippen molar-refractivity contribution in [2.45, 2.75) is 6.42 Å². The van der Waals surface area contributed by atoms with Gasteiger partial charge in [0.15, 0.2) is 17.4 Å². The second kappa shape index (κ2) is 8.23. The van der Waals surface area contributed by atoms with E-state index in [0.29, 0.717) is 35.4 Å². The molecule has 8 nitrogen and oxygen atoms in total. The number of nitrogen functional groups attached to an aromatic ring is 1. The number of phenolic OH excluding ortho intramolecular Hbond substituents is 1. The van der Waals surface area contributed by atoms with Crippen LogP contribution in [0.2, 0.25) is 0 Å². The minimum Gasteiger partial charge on any atom is -0.505 e. The molecule has 2 aromatic carbocycles. The second-order valence-corrected chi connectivity index (χ2v) is 6.73. The van der Waals surface area contributed by atoms with Crippen LogP contribution in [0.1, 0.15) is 5.69 Å². The van der Waals surface area contributed by atoms with Gasteiger partial charge in [0, 0.05) is 24.7 Å². The molecular weight excluding hydrogens is 399 g/mol. The number of para-hydroxylation sites is 1. The summed E-state index contributed by atoms with van der Waals surface area (Å²) in [6.07, 6.45) is 2.95. The minimum atomic E-state index is -0.744. The predicted molar refractivity (Wildman–Crippen MR) is 115 cm³/mol. The topological polar surface area (TPSA) is 110 Å². The van der Waals surface area contributed by atoms with E-state index in [1.165, 1.54) is 29.2 Å². The maximum absolute atomic E-state index is 13.5. The second-order valence-electron chi connectivity index (χ2n) is 6.73. The first-order valence-electron chi connectivity index (χ1n) is 9.45. The number of aromatic nitrogens is 4. The van der Waals surface area contributed by atoms with Crippen LogP contribution in [0.3, 0.4) is 0 Å². The van der Waals surface area contributed by atoms with Crippen molar-refractivity contribution in [1.29, 1.82) is 0 Å². The Morgan fingerprint density at radius 1 is 1.23 bits per heavy atom. The Morgan fingerprint density at radius 2 is 2.00 bits per heavy atom. The minimum absolute atomic E-state index is 0.189. The maximum Gasteiger partial charge on any atom is 0.250 e. The summed E-state index contributed by atoms with van der Waals surface area (Å²) in [6.45, 7) is 3.90. The third-order valence-corrected chi connectivity index (χ3v) is 4.81. The van der Waals surface area contributed by atoms with Crippen molar-refractivity contribution < 1.29 is 14.3 Å². The number of amides is 1. The molecule has 0 bridgehead atoms. The highest BCUT2D eigenvalue weighted by Gasteiger charge is 2.20. The molecule has 0 saturated carbocycles. The monoisotopic (exact) mass is 418 g/mol. The number of aromatic hydroxyl groups is 1. The first-order chi connectivity index (χ1) is 15.0. The van der Waals surface area contributed by atoms with Crippen LogP contribution in [0, 0.1) is 5.82 Å². The number of carbonyl (C=O) groups is 1. The fourth-order valence-electron chi connectivity index (χ4n) is 3.32. The van der Waals surface area contributed by atoms with Gasteiger partial charge in [-0.2, -0.15) is 5.10 Å². The van der Waals surface area contributed by atoms with Crippen molar-refractivity contribution in [2.24, 2.45) is 0 Å². The lowest BCUT2D eigenvalue weighted by molar-refractivity contribution is -0.114. The highest BCUT2D eigenvalue weighted by atomic mass is 19.1. The zero-order valence-corrected chi connectivity index (χ0v) is 16.4. The fourth-order valence-corrected chi connectivity index (χ4v) is 3.32. The van der Waals surface area contributed by atoms with Crippen LogP contribution in [0.25, 0.3) is 16.7 Å². The van der Waals surface area contributed by atoms with Crippen LogP contribution in [-0.2, 0) is 11.2 Å². The molecule has 0 saturated heterocycles. The van der Waals surface area contributed by atoms with Gasteiger partial charge in [-0.3, -0.25) is 4.79 Å². The summed E-state index contributed by atoms with van der Waals surface area (Å²) in [5.74, 6) is -1.31. The van der Waals surface area contributed by atoms with Crippen molar-refractivity contribution in [2.75, 3.05) is 17.2 Å². The van der Waals surface area contributed by atoms with Gasteiger partial charge in [0.2, 0.25) is 5.91 Å². The lowest BCUT2D eigenvalue weighted by Gasteiger charge is -2.20. The molecule has 0 aliphatic rings. The van der Waals surface area contributed by atoms with Crippen LogP contribution in [0.4, 0.5) is 15.9 Å². The molecule has 0 fully saturated rings. The number of anilines is 2. The number of halogens is 1. The Balaban J connectivity index is 1.74. The molecule has 0 spiro atoms. The van der Waals surface area contributed by atoms with E-state index in [4.69, 9.17) is 5.73 Å². The van der Waals surface area contributed by atoms with Crippen molar-refractivity contribution >= 4 is 28.4 Å². The average molecular weight is 418 g/mol. The average Bonchev–Trinajstić information content (AvgIpc) is 3.16. The lowest BCUT2D eigenvalue weighted by Crippen LogP contribution is -2.31. The van der Waals surface area contributed by atoms with Gasteiger partial charge in [-0.1, -0.05) is 24.8 Å². The summed E-state index contributed by atoms with van der Waals surface area (Å²) in [7, 11) is 0. The number of nitrogens with two attached hydrogens (primary N) is 1. The molecule has 0 aliphatic heterocycles. The molecule has 31 heavy (non-hydrogen) atoms. The van der Waals surface area contributed by atoms with E-state index in [1.807, 2.05) is 30.3 Å². The van der Waals surface area contributed by atoms with E-state index in [0.717, 1.165) is 11.8 Å². The van der Waals surface area contributed by atoms with Crippen LogP contribution >= 0.6 is 0 Å². The van der Waals surface area contributed by atoms with Gasteiger partial charge < -0.3 is 15.7 Å². The Hall–Kier alpha value is -4.27. The molecule has 1 amide bonds. The van der Waals surface area contributed by atoms with Gasteiger partial charge in [0.1, 0.15) is 17.4 Å². The first-order valence-corrected chi connectivity index (χ1v) is 9.45. The molecule has 9 heteroatoms. The Bertz CT molecular complexity index is 1270. The number of phenols is 1. The van der Waals surface area contributed by atoms with E-state index < -0.39 is 11.6 Å². The summed E-state index contributed by atoms with van der Waals surface area (Å²) in [6, 6.07) is 13.1. The molecule has 3 N–H and O–H groups in total. The van der Waals surface area contributed by atoms with E-state index in [2.05, 4.69) is 21.6 Å². The third kappa shape index (κ3) is 3.80. The standard InChI is InChI=1S/C22H19FN6O2/c1-2-19(31)28(14-6-4-3-5-7-14)11-10-17-20-21(22(24)26-13-25-20)29(27-17)15-8-9-16(23)18(30)12-15/h2-9,12-13,30H,1,10-11H2,(H2,24,25,26). The Morgan fingerprint density at radius 3 is 2.71 bits per heavy atom. The normalized spacial score (nSPS) is 10.9. The van der Waals surface area contributed by atoms with E-state index >= 15 is 0 Å². The van der Waals surface area contributed by atoms with E-state index in [1.54, 1.807) is 4.90 Å². The van der Waals surface area contributed by atoms with Crippen molar-refractivity contribution in [3.05, 3.63) is 79.0 Å². The molecule has 2 aromatic heterocycles. The number of nitrogens with zero attached hydrogens (tertiary/aromatic N) is 5. The van der Waals surface area contributed by atoms with E-state index in [9.17, 15) is 14.3 Å². The molecule has 0 unspecified atom stereocenters. The number of benzene rings is 2. The van der Waals surface area contributed by atoms with Gasteiger partial charge in [0.25, 0.3) is 0 Å². The third-order valence-electron chi connectivity index (χ3n) is 4.81. The highest BCUT2D eigenvalue weighted by Crippen LogP contribution is 2.27. The Kier molecular flexibility index (Phi) is 5.31. The molecule has 0 aliphatic carbocycles. The number of hydrogen-bond donors (Lipinski definition) is 2. The number of hydrogen-bond acceptors (Lipinski definition) is 6. The summed E-state index contributed by atoms with van der Waals surface area (Å²) >= 11 is 0. The van der Waals surface area contributed by atoms with E-state index in [-0.39, 0.29) is 11.7 Å². The smallest absolute Gasteiger partial charge is 0.250 e. The van der Waals surface area contributed by atoms with Crippen LogP contribution < -0.4 is 10.6 Å².